The highest BCUT2D eigenvalue weighted by molar-refractivity contribution is 7.99. The summed E-state index contributed by atoms with van der Waals surface area (Å²) in [5.41, 5.74) is -0.522. The van der Waals surface area contributed by atoms with Crippen LogP contribution in [-0.4, -0.2) is 76.3 Å². The van der Waals surface area contributed by atoms with Gasteiger partial charge in [0.1, 0.15) is 11.5 Å². The molecular weight excluding hydrogens is 579 g/mol. The molecule has 1 aromatic rings. The van der Waals surface area contributed by atoms with Crippen molar-refractivity contribution in [1.29, 1.82) is 0 Å². The second kappa shape index (κ2) is 16.4. The third kappa shape index (κ3) is 12.5. The van der Waals surface area contributed by atoms with Crippen LogP contribution in [-0.2, 0) is 37.9 Å². The molecule has 5 atom stereocenters. The van der Waals surface area contributed by atoms with Crippen LogP contribution >= 0.6 is 19.4 Å². The summed E-state index contributed by atoms with van der Waals surface area (Å²) in [5, 5.41) is 5.44. The number of ether oxygens (including phenoxy) is 4. The number of thioether (sulfide) groups is 1. The lowest BCUT2D eigenvalue weighted by Gasteiger charge is -2.44. The van der Waals surface area contributed by atoms with Gasteiger partial charge in [-0.3, -0.25) is 18.9 Å². The molecule has 0 unspecified atom stereocenters. The zero-order valence-corrected chi connectivity index (χ0v) is 24.7. The van der Waals surface area contributed by atoms with Crippen LogP contribution in [0.5, 0.6) is 0 Å². The molecule has 226 valence electrons. The van der Waals surface area contributed by atoms with Crippen molar-refractivity contribution in [3.63, 3.8) is 0 Å². The van der Waals surface area contributed by atoms with Gasteiger partial charge in [-0.15, -0.1) is 12.3 Å². The molecule has 4 N–H and O–H groups in total. The van der Waals surface area contributed by atoms with Crippen molar-refractivity contribution < 1.29 is 52.5 Å². The quantitative estimate of drug-likeness (QED) is 0.0838. The van der Waals surface area contributed by atoms with E-state index in [1.54, 1.807) is 24.3 Å². The molecule has 2 amide bonds. The van der Waals surface area contributed by atoms with Crippen molar-refractivity contribution in [3.8, 4) is 12.3 Å². The van der Waals surface area contributed by atoms with Crippen LogP contribution in [0.4, 0.5) is 10.5 Å². The number of benzene rings is 1. The minimum Gasteiger partial charge on any atom is -0.456 e. The van der Waals surface area contributed by atoms with Gasteiger partial charge in [0.05, 0.1) is 6.16 Å². The van der Waals surface area contributed by atoms with Crippen molar-refractivity contribution in [2.75, 3.05) is 18.0 Å². The molecule has 15 heteroatoms. The van der Waals surface area contributed by atoms with E-state index < -0.39 is 61.5 Å². The Labute approximate surface area is 242 Å². The normalized spacial score (nSPS) is 22.1. The molecule has 0 aliphatic carbocycles. The van der Waals surface area contributed by atoms with Crippen LogP contribution in [0.15, 0.2) is 29.2 Å². The molecule has 0 bridgehead atoms. The number of esters is 3. The third-order valence-corrected chi connectivity index (χ3v) is 7.60. The number of nitrogens with one attached hydrogen (secondary N) is 2. The van der Waals surface area contributed by atoms with Gasteiger partial charge in [0.2, 0.25) is 0 Å². The van der Waals surface area contributed by atoms with Crippen LogP contribution < -0.4 is 10.6 Å². The minimum atomic E-state index is -4.46. The summed E-state index contributed by atoms with van der Waals surface area (Å²) in [6.45, 7) is 3.85. The van der Waals surface area contributed by atoms with Gasteiger partial charge >= 0.3 is 31.5 Å². The highest BCUT2D eigenvalue weighted by Gasteiger charge is 2.52. The highest BCUT2D eigenvalue weighted by Crippen LogP contribution is 2.41. The maximum Gasteiger partial charge on any atom is 0.325 e. The molecule has 1 aliphatic heterocycles. The van der Waals surface area contributed by atoms with E-state index in [1.165, 1.54) is 0 Å². The topological polar surface area (TPSA) is 187 Å². The van der Waals surface area contributed by atoms with Crippen LogP contribution in [0.2, 0.25) is 0 Å². The molecule has 2 rings (SSSR count). The Bertz CT molecular complexity index is 1150. The fraction of sp³-hybridized carbons (Fsp3) is 0.538. The molecule has 1 aromatic carbocycles. The smallest absolute Gasteiger partial charge is 0.325 e. The lowest BCUT2D eigenvalue weighted by Crippen LogP contribution is -2.60. The van der Waals surface area contributed by atoms with E-state index >= 15 is 0 Å². The first kappa shape index (κ1) is 34.1. The second-order valence-corrected chi connectivity index (χ2v) is 12.1. The number of carbonyl (C=O) groups is 4. The average Bonchev–Trinajstić information content (AvgIpc) is 2.86. The summed E-state index contributed by atoms with van der Waals surface area (Å²) in [6.07, 6.45) is 1.60. The fourth-order valence-electron chi connectivity index (χ4n) is 3.96. The van der Waals surface area contributed by atoms with E-state index in [-0.39, 0.29) is 12.5 Å². The molecule has 1 heterocycles. The van der Waals surface area contributed by atoms with E-state index in [9.17, 15) is 33.5 Å². The molecule has 41 heavy (non-hydrogen) atoms. The summed E-state index contributed by atoms with van der Waals surface area (Å²) in [6, 6.07) is 6.24. The Morgan fingerprint density at radius 3 is 2.12 bits per heavy atom. The predicted molar refractivity (Wildman–Crippen MR) is 149 cm³/mol. The number of amides is 2. The number of anilines is 1. The Kier molecular flexibility index (Phi) is 13.6. The number of hydrogen-bond acceptors (Lipinski definition) is 10. The second-order valence-electron chi connectivity index (χ2n) is 9.13. The monoisotopic (exact) mass is 614 g/mol. The van der Waals surface area contributed by atoms with Crippen molar-refractivity contribution in [2.45, 2.75) is 81.2 Å². The molecule has 13 nitrogen and oxygen atoms in total. The van der Waals surface area contributed by atoms with Gasteiger partial charge in [0, 0.05) is 44.3 Å². The Morgan fingerprint density at radius 1 is 0.976 bits per heavy atom. The first-order chi connectivity index (χ1) is 19.3. The number of hydrogen-bond donors (Lipinski definition) is 4. The summed E-state index contributed by atoms with van der Waals surface area (Å²) in [4.78, 5) is 67.4. The van der Waals surface area contributed by atoms with Crippen molar-refractivity contribution in [3.05, 3.63) is 24.3 Å². The van der Waals surface area contributed by atoms with Gasteiger partial charge in [-0.25, -0.2) is 4.79 Å². The number of unbranched alkanes of at least 4 members (excludes halogenated alkanes) is 2. The Hall–Kier alpha value is -3.08. The molecular formula is C26H35N2O11PS. The summed E-state index contributed by atoms with van der Waals surface area (Å²) < 4.78 is 33.9. The SMILES string of the molecule is C#CCCCCNC(=O)Nc1ccc(S[C@H]2O[C@H](CCP(=O)(O)O)[C@@H](OC(C)=O)[C@H](OC(C)=O)[C@@H]2OC(C)=O)cc1. The molecule has 0 aromatic heterocycles. The van der Waals surface area contributed by atoms with Crippen molar-refractivity contribution in [2.24, 2.45) is 0 Å². The lowest BCUT2D eigenvalue weighted by atomic mass is 9.97. The van der Waals surface area contributed by atoms with E-state index in [1.807, 2.05) is 0 Å². The van der Waals surface area contributed by atoms with Gasteiger partial charge in [0.25, 0.3) is 0 Å². The lowest BCUT2D eigenvalue weighted by molar-refractivity contribution is -0.232. The first-order valence-corrected chi connectivity index (χ1v) is 15.4. The molecule has 0 radical (unpaired) electrons. The molecule has 1 aliphatic rings. The van der Waals surface area contributed by atoms with Gasteiger partial charge in [-0.05, 0) is 43.5 Å². The minimum absolute atomic E-state index is 0.245. The first-order valence-electron chi connectivity index (χ1n) is 12.8. The van der Waals surface area contributed by atoms with Crippen LogP contribution in [0.25, 0.3) is 0 Å². The van der Waals surface area contributed by atoms with Gasteiger partial charge < -0.3 is 39.4 Å². The third-order valence-electron chi connectivity index (χ3n) is 5.60. The maximum atomic E-state index is 12.1. The average molecular weight is 615 g/mol. The van der Waals surface area contributed by atoms with Crippen LogP contribution in [0.3, 0.4) is 0 Å². The summed E-state index contributed by atoms with van der Waals surface area (Å²) in [5.74, 6) is 0.303. The summed E-state index contributed by atoms with van der Waals surface area (Å²) in [7, 11) is -4.46. The zero-order valence-electron chi connectivity index (χ0n) is 22.9. The van der Waals surface area contributed by atoms with Crippen molar-refractivity contribution >= 4 is 49.0 Å². The molecule has 1 saturated heterocycles. The number of terminal acetylenes is 1. The van der Waals surface area contributed by atoms with Crippen molar-refractivity contribution in [1.82, 2.24) is 5.32 Å². The standard InChI is InChI=1S/C26H35N2O11PS/c1-5-6-7-8-14-27-26(32)28-19-9-11-20(12-10-19)41-25-24(38-18(4)31)23(37-17(3)30)22(36-16(2)29)21(39-25)13-15-40(33,34)35/h1,9-12,21-25H,6-8,13-15H2,2-4H3,(H2,27,28,32)(H2,33,34,35)/t21-,22-,23+,24+,25-/m1/s1. The highest BCUT2D eigenvalue weighted by atomic mass is 32.2. The van der Waals surface area contributed by atoms with Crippen LogP contribution in [0.1, 0.15) is 46.5 Å². The number of urea groups is 1. The Balaban J connectivity index is 2.24. The fourth-order valence-corrected chi connectivity index (χ4v) is 5.65. The maximum absolute atomic E-state index is 12.1. The van der Waals surface area contributed by atoms with E-state index in [0.29, 0.717) is 23.5 Å². The van der Waals surface area contributed by atoms with E-state index in [2.05, 4.69) is 16.6 Å². The van der Waals surface area contributed by atoms with Gasteiger partial charge in [-0.1, -0.05) is 11.8 Å². The molecule has 0 saturated carbocycles. The largest absolute Gasteiger partial charge is 0.456 e. The van der Waals surface area contributed by atoms with Gasteiger partial charge in [-0.2, -0.15) is 0 Å². The van der Waals surface area contributed by atoms with E-state index in [0.717, 1.165) is 45.4 Å². The number of carbonyl (C=O) groups excluding carboxylic acids is 4. The van der Waals surface area contributed by atoms with Gasteiger partial charge in [0.15, 0.2) is 18.3 Å². The van der Waals surface area contributed by atoms with Crippen LogP contribution in [0, 0.1) is 12.3 Å². The Morgan fingerprint density at radius 2 is 1.56 bits per heavy atom. The number of rotatable bonds is 13. The van der Waals surface area contributed by atoms with E-state index in [4.69, 9.17) is 25.4 Å². The molecule has 1 fully saturated rings. The summed E-state index contributed by atoms with van der Waals surface area (Å²) >= 11 is 1.08. The predicted octanol–water partition coefficient (Wildman–Crippen LogP) is 2.79. The zero-order chi connectivity index (χ0) is 30.6. The molecule has 0 spiro atoms.